The van der Waals surface area contributed by atoms with Gasteiger partial charge in [-0.15, -0.1) is 0 Å². The van der Waals surface area contributed by atoms with Crippen LogP contribution in [-0.4, -0.2) is 31.4 Å². The fraction of sp³-hybridized carbons (Fsp3) is 0.400. The van der Waals surface area contributed by atoms with Gasteiger partial charge in [0, 0.05) is 26.8 Å². The topological polar surface area (TPSA) is 26.7 Å². The van der Waals surface area contributed by atoms with Crippen molar-refractivity contribution in [3.05, 3.63) is 29.6 Å². The first-order valence-electron chi connectivity index (χ1n) is 4.36. The van der Waals surface area contributed by atoms with Gasteiger partial charge in [-0.25, -0.2) is 4.39 Å². The summed E-state index contributed by atoms with van der Waals surface area (Å²) in [6, 6.07) is 4.53. The number of hydrogen-bond acceptors (Lipinski definition) is 3. The van der Waals surface area contributed by atoms with Gasteiger partial charge in [0.25, 0.3) is 0 Å². The summed E-state index contributed by atoms with van der Waals surface area (Å²) < 4.78 is 12.9. The molecule has 0 atom stereocenters. The summed E-state index contributed by atoms with van der Waals surface area (Å²) in [6.45, 7) is 0.383. The monoisotopic (exact) mass is 198 g/mol. The van der Waals surface area contributed by atoms with E-state index in [1.165, 1.54) is 12.1 Å². The van der Waals surface area contributed by atoms with Crippen LogP contribution in [0.5, 0.6) is 0 Å². The molecule has 14 heavy (non-hydrogen) atoms. The van der Waals surface area contributed by atoms with Crippen LogP contribution in [0.1, 0.15) is 5.56 Å². The minimum absolute atomic E-state index is 0.266. The van der Waals surface area contributed by atoms with Gasteiger partial charge in [0.15, 0.2) is 0 Å². The van der Waals surface area contributed by atoms with Crippen molar-refractivity contribution in [3.63, 3.8) is 0 Å². The predicted molar refractivity (Wildman–Crippen MR) is 54.0 cm³/mol. The van der Waals surface area contributed by atoms with E-state index in [1.54, 1.807) is 13.1 Å². The van der Waals surface area contributed by atoms with Gasteiger partial charge in [-0.2, -0.15) is 5.06 Å². The van der Waals surface area contributed by atoms with E-state index in [0.29, 0.717) is 6.54 Å². The second kappa shape index (κ2) is 4.39. The van der Waals surface area contributed by atoms with Crippen molar-refractivity contribution in [2.24, 2.45) is 0 Å². The van der Waals surface area contributed by atoms with E-state index >= 15 is 0 Å². The third-order valence-electron chi connectivity index (χ3n) is 1.93. The van der Waals surface area contributed by atoms with Crippen LogP contribution < -0.4 is 4.90 Å². The Morgan fingerprint density at radius 1 is 1.29 bits per heavy atom. The number of rotatable bonds is 3. The molecule has 0 bridgehead atoms. The molecule has 0 aliphatic carbocycles. The Hall–Kier alpha value is -1.13. The molecular weight excluding hydrogens is 183 g/mol. The molecular formula is C10H15FN2O. The van der Waals surface area contributed by atoms with E-state index in [0.717, 1.165) is 16.3 Å². The van der Waals surface area contributed by atoms with Crippen molar-refractivity contribution < 1.29 is 9.60 Å². The van der Waals surface area contributed by atoms with Crippen LogP contribution in [0.25, 0.3) is 0 Å². The first-order chi connectivity index (χ1) is 6.50. The van der Waals surface area contributed by atoms with Crippen LogP contribution in [-0.2, 0) is 6.54 Å². The largest absolute Gasteiger partial charge is 0.377 e. The van der Waals surface area contributed by atoms with Gasteiger partial charge in [-0.05, 0) is 17.7 Å². The SMILES string of the molecule is CN(O)Cc1ccc(F)cc1N(C)C. The quantitative estimate of drug-likeness (QED) is 0.749. The lowest BCUT2D eigenvalue weighted by molar-refractivity contribution is -0.0730. The maximum absolute atomic E-state index is 12.9. The molecule has 0 fully saturated rings. The smallest absolute Gasteiger partial charge is 0.125 e. The van der Waals surface area contributed by atoms with Crippen LogP contribution in [0, 0.1) is 5.82 Å². The molecule has 0 heterocycles. The third kappa shape index (κ3) is 2.68. The summed E-state index contributed by atoms with van der Waals surface area (Å²) in [7, 11) is 5.24. The average Bonchev–Trinajstić information content (AvgIpc) is 2.07. The van der Waals surface area contributed by atoms with Crippen molar-refractivity contribution in [3.8, 4) is 0 Å². The van der Waals surface area contributed by atoms with E-state index < -0.39 is 0 Å². The lowest BCUT2D eigenvalue weighted by Crippen LogP contribution is -2.17. The summed E-state index contributed by atoms with van der Waals surface area (Å²) in [6.07, 6.45) is 0. The highest BCUT2D eigenvalue weighted by Crippen LogP contribution is 2.20. The van der Waals surface area contributed by atoms with Crippen LogP contribution >= 0.6 is 0 Å². The highest BCUT2D eigenvalue weighted by molar-refractivity contribution is 5.52. The van der Waals surface area contributed by atoms with Gasteiger partial charge in [-0.1, -0.05) is 6.07 Å². The van der Waals surface area contributed by atoms with Crippen molar-refractivity contribution in [2.75, 3.05) is 26.0 Å². The molecule has 3 nitrogen and oxygen atoms in total. The molecule has 0 amide bonds. The zero-order valence-electron chi connectivity index (χ0n) is 8.66. The first kappa shape index (κ1) is 10.9. The Morgan fingerprint density at radius 3 is 2.43 bits per heavy atom. The van der Waals surface area contributed by atoms with E-state index in [-0.39, 0.29) is 5.82 Å². The maximum atomic E-state index is 12.9. The van der Waals surface area contributed by atoms with Crippen LogP contribution in [0.4, 0.5) is 10.1 Å². The molecule has 78 valence electrons. The zero-order chi connectivity index (χ0) is 10.7. The molecule has 0 saturated heterocycles. The van der Waals surface area contributed by atoms with Crippen LogP contribution in [0.3, 0.4) is 0 Å². The number of anilines is 1. The number of nitrogens with zero attached hydrogens (tertiary/aromatic N) is 2. The van der Waals surface area contributed by atoms with Crippen molar-refractivity contribution in [2.45, 2.75) is 6.54 Å². The minimum Gasteiger partial charge on any atom is -0.377 e. The molecule has 1 aromatic rings. The van der Waals surface area contributed by atoms with Crippen molar-refractivity contribution in [1.82, 2.24) is 5.06 Å². The standard InChI is InChI=1S/C10H15FN2O/c1-12(2)10-6-9(11)5-4-8(10)7-13(3)14/h4-6,14H,7H2,1-3H3. The van der Waals surface area contributed by atoms with Gasteiger partial charge < -0.3 is 10.1 Å². The Kier molecular flexibility index (Phi) is 3.43. The number of benzene rings is 1. The highest BCUT2D eigenvalue weighted by Gasteiger charge is 2.07. The lowest BCUT2D eigenvalue weighted by Gasteiger charge is -2.19. The number of halogens is 1. The summed E-state index contributed by atoms with van der Waals surface area (Å²) in [4.78, 5) is 1.82. The summed E-state index contributed by atoms with van der Waals surface area (Å²) in [5, 5.41) is 10.2. The Balaban J connectivity index is 3.02. The van der Waals surface area contributed by atoms with E-state index in [9.17, 15) is 4.39 Å². The predicted octanol–water partition coefficient (Wildman–Crippen LogP) is 1.71. The molecule has 1 N–H and O–H groups in total. The molecule has 0 aliphatic heterocycles. The molecule has 1 aromatic carbocycles. The van der Waals surface area contributed by atoms with Crippen molar-refractivity contribution in [1.29, 1.82) is 0 Å². The van der Waals surface area contributed by atoms with Gasteiger partial charge in [0.2, 0.25) is 0 Å². The molecule has 0 radical (unpaired) electrons. The Labute approximate surface area is 83.3 Å². The zero-order valence-corrected chi connectivity index (χ0v) is 8.66. The lowest BCUT2D eigenvalue weighted by atomic mass is 10.1. The summed E-state index contributed by atoms with van der Waals surface area (Å²) >= 11 is 0. The Morgan fingerprint density at radius 2 is 1.93 bits per heavy atom. The van der Waals surface area contributed by atoms with E-state index in [2.05, 4.69) is 0 Å². The molecule has 0 spiro atoms. The van der Waals surface area contributed by atoms with Gasteiger partial charge in [0.05, 0.1) is 6.54 Å². The Bertz CT molecular complexity index is 313. The van der Waals surface area contributed by atoms with Crippen molar-refractivity contribution >= 4 is 5.69 Å². The fourth-order valence-corrected chi connectivity index (χ4v) is 1.33. The fourth-order valence-electron chi connectivity index (χ4n) is 1.33. The first-order valence-corrected chi connectivity index (χ1v) is 4.36. The summed E-state index contributed by atoms with van der Waals surface area (Å²) in [5.41, 5.74) is 1.67. The molecule has 4 heteroatoms. The van der Waals surface area contributed by atoms with Gasteiger partial charge >= 0.3 is 0 Å². The summed E-state index contributed by atoms with van der Waals surface area (Å²) in [5.74, 6) is -0.266. The van der Waals surface area contributed by atoms with Crippen LogP contribution in [0.15, 0.2) is 18.2 Å². The van der Waals surface area contributed by atoms with E-state index in [4.69, 9.17) is 5.21 Å². The molecule has 0 saturated carbocycles. The van der Waals surface area contributed by atoms with Gasteiger partial charge in [-0.3, -0.25) is 0 Å². The molecule has 0 unspecified atom stereocenters. The normalized spacial score (nSPS) is 10.7. The van der Waals surface area contributed by atoms with Gasteiger partial charge in [0.1, 0.15) is 5.82 Å². The average molecular weight is 198 g/mol. The number of hydroxylamine groups is 2. The second-order valence-electron chi connectivity index (χ2n) is 3.48. The third-order valence-corrected chi connectivity index (χ3v) is 1.93. The minimum atomic E-state index is -0.266. The maximum Gasteiger partial charge on any atom is 0.125 e. The highest BCUT2D eigenvalue weighted by atomic mass is 19.1. The second-order valence-corrected chi connectivity index (χ2v) is 3.48. The molecule has 0 aliphatic rings. The molecule has 1 rings (SSSR count). The van der Waals surface area contributed by atoms with E-state index in [1.807, 2.05) is 19.0 Å². The van der Waals surface area contributed by atoms with Crippen LogP contribution in [0.2, 0.25) is 0 Å². The molecule has 0 aromatic heterocycles. The number of hydrogen-bond donors (Lipinski definition) is 1.